The minimum atomic E-state index is -1.16. The van der Waals surface area contributed by atoms with E-state index in [0.29, 0.717) is 24.3 Å². The lowest BCUT2D eigenvalue weighted by atomic mass is 10.0. The van der Waals surface area contributed by atoms with E-state index >= 15 is 0 Å². The van der Waals surface area contributed by atoms with Gasteiger partial charge in [-0.3, -0.25) is 14.4 Å². The number of rotatable bonds is 14. The molecule has 42 heavy (non-hydrogen) atoms. The van der Waals surface area contributed by atoms with Crippen molar-refractivity contribution in [2.24, 2.45) is 0 Å². The number of aromatic hydroxyl groups is 1. The zero-order valence-electron chi connectivity index (χ0n) is 23.4. The summed E-state index contributed by atoms with van der Waals surface area (Å²) in [7, 11) is 0. The Hall–Kier alpha value is -4.03. The molecule has 3 aromatic rings. The summed E-state index contributed by atoms with van der Waals surface area (Å²) in [5, 5.41) is 31.6. The van der Waals surface area contributed by atoms with Crippen LogP contribution in [0.5, 0.6) is 5.75 Å². The first-order valence-electron chi connectivity index (χ1n) is 13.9. The molecular weight excluding hydrogens is 558 g/mol. The van der Waals surface area contributed by atoms with Gasteiger partial charge in [0.1, 0.15) is 23.9 Å². The summed E-state index contributed by atoms with van der Waals surface area (Å²) in [4.78, 5) is 55.3. The number of hydrogen-bond acceptors (Lipinski definition) is 7. The molecule has 1 aliphatic heterocycles. The monoisotopic (exact) mass is 595 g/mol. The molecule has 1 saturated heterocycles. The van der Waals surface area contributed by atoms with E-state index in [1.54, 1.807) is 18.3 Å². The van der Waals surface area contributed by atoms with Crippen molar-refractivity contribution < 1.29 is 29.4 Å². The third kappa shape index (κ3) is 8.26. The van der Waals surface area contributed by atoms with Crippen molar-refractivity contribution in [3.8, 4) is 5.75 Å². The van der Waals surface area contributed by atoms with Gasteiger partial charge in [0.25, 0.3) is 0 Å². The Morgan fingerprint density at radius 2 is 1.64 bits per heavy atom. The third-order valence-corrected chi connectivity index (χ3v) is 7.99. The minimum absolute atomic E-state index is 0.0730. The fourth-order valence-electron chi connectivity index (χ4n) is 5.03. The van der Waals surface area contributed by atoms with Crippen molar-refractivity contribution in [2.45, 2.75) is 56.3 Å². The standard InChI is InChI=1S/C30H37N5O6S/c1-42-14-12-24(30(40)41)33-29(39)26(16-19-17-32-22-6-3-2-5-21(19)22)35-28(38)25(15-18-8-10-20(36)11-9-18)34-27(37)23-7-4-13-31-23/h2-3,5-6,8-11,17,23-26,31-32,36H,4,7,12-16H2,1H3,(H,33,39)(H,34,37)(H,35,38)(H,40,41). The highest BCUT2D eigenvalue weighted by Crippen LogP contribution is 2.20. The molecule has 0 bridgehead atoms. The maximum atomic E-state index is 13.8. The van der Waals surface area contributed by atoms with Gasteiger partial charge in [0, 0.05) is 29.9 Å². The fourth-order valence-corrected chi connectivity index (χ4v) is 5.50. The molecule has 2 heterocycles. The average Bonchev–Trinajstić information content (AvgIpc) is 3.66. The van der Waals surface area contributed by atoms with Gasteiger partial charge in [0.2, 0.25) is 17.7 Å². The van der Waals surface area contributed by atoms with Crippen LogP contribution in [0.3, 0.4) is 0 Å². The molecule has 1 fully saturated rings. The zero-order valence-corrected chi connectivity index (χ0v) is 24.2. The third-order valence-electron chi connectivity index (χ3n) is 7.34. The van der Waals surface area contributed by atoms with Crippen LogP contribution in [0.4, 0.5) is 0 Å². The molecule has 11 nitrogen and oxygen atoms in total. The lowest BCUT2D eigenvalue weighted by molar-refractivity contribution is -0.142. The molecule has 2 aromatic carbocycles. The summed E-state index contributed by atoms with van der Waals surface area (Å²) in [5.74, 6) is -2.07. The van der Waals surface area contributed by atoms with Gasteiger partial charge in [-0.2, -0.15) is 11.8 Å². The lowest BCUT2D eigenvalue weighted by Gasteiger charge is -2.25. The van der Waals surface area contributed by atoms with Crippen LogP contribution in [0, 0.1) is 0 Å². The Kier molecular flexibility index (Phi) is 10.8. The van der Waals surface area contributed by atoms with Gasteiger partial charge in [0.05, 0.1) is 6.04 Å². The van der Waals surface area contributed by atoms with E-state index in [-0.39, 0.29) is 30.9 Å². The molecule has 7 N–H and O–H groups in total. The highest BCUT2D eigenvalue weighted by molar-refractivity contribution is 7.98. The molecule has 12 heteroatoms. The van der Waals surface area contributed by atoms with E-state index in [4.69, 9.17) is 0 Å². The number of para-hydroxylation sites is 1. The smallest absolute Gasteiger partial charge is 0.326 e. The first-order chi connectivity index (χ1) is 20.2. The van der Waals surface area contributed by atoms with Gasteiger partial charge in [-0.15, -0.1) is 0 Å². The molecule has 4 unspecified atom stereocenters. The largest absolute Gasteiger partial charge is 0.508 e. The molecular formula is C30H37N5O6S. The van der Waals surface area contributed by atoms with Crippen molar-refractivity contribution >= 4 is 46.4 Å². The average molecular weight is 596 g/mol. The second-order valence-electron chi connectivity index (χ2n) is 10.4. The maximum absolute atomic E-state index is 13.8. The van der Waals surface area contributed by atoms with E-state index in [2.05, 4.69) is 26.3 Å². The van der Waals surface area contributed by atoms with Gasteiger partial charge in [-0.05, 0) is 67.1 Å². The quantitative estimate of drug-likeness (QED) is 0.148. The van der Waals surface area contributed by atoms with Crippen molar-refractivity contribution in [1.82, 2.24) is 26.3 Å². The first kappa shape index (κ1) is 30.9. The van der Waals surface area contributed by atoms with Gasteiger partial charge in [-0.1, -0.05) is 30.3 Å². The summed E-state index contributed by atoms with van der Waals surface area (Å²) in [6, 6.07) is 10.2. The van der Waals surface area contributed by atoms with Gasteiger partial charge in [-0.25, -0.2) is 4.79 Å². The molecule has 0 aliphatic carbocycles. The topological polar surface area (TPSA) is 173 Å². The molecule has 0 saturated carbocycles. The summed E-state index contributed by atoms with van der Waals surface area (Å²) < 4.78 is 0. The SMILES string of the molecule is CSCCC(NC(=O)C(Cc1c[nH]c2ccccc12)NC(=O)C(Cc1ccc(O)cc1)NC(=O)C1CCCN1)C(=O)O. The number of carboxylic acid groups (broad SMARTS) is 1. The van der Waals surface area contributed by atoms with Gasteiger partial charge in [0.15, 0.2) is 0 Å². The van der Waals surface area contributed by atoms with Crippen molar-refractivity contribution in [1.29, 1.82) is 0 Å². The molecule has 0 radical (unpaired) electrons. The van der Waals surface area contributed by atoms with Crippen molar-refractivity contribution in [3.63, 3.8) is 0 Å². The van der Waals surface area contributed by atoms with Crippen molar-refractivity contribution in [2.75, 3.05) is 18.6 Å². The Labute approximate surface area is 248 Å². The van der Waals surface area contributed by atoms with Crippen LogP contribution in [-0.2, 0) is 32.0 Å². The second kappa shape index (κ2) is 14.7. The number of amides is 3. The Morgan fingerprint density at radius 1 is 0.952 bits per heavy atom. The molecule has 224 valence electrons. The van der Waals surface area contributed by atoms with E-state index in [0.717, 1.165) is 22.9 Å². The fraction of sp³-hybridized carbons (Fsp3) is 0.400. The number of phenols is 1. The van der Waals surface area contributed by atoms with Crippen LogP contribution >= 0.6 is 11.8 Å². The zero-order chi connectivity index (χ0) is 30.1. The maximum Gasteiger partial charge on any atom is 0.326 e. The Balaban J connectivity index is 1.58. The summed E-state index contributed by atoms with van der Waals surface area (Å²) in [6.07, 6.45) is 5.56. The molecule has 1 aliphatic rings. The van der Waals surface area contributed by atoms with E-state index < -0.39 is 42.0 Å². The van der Waals surface area contributed by atoms with Crippen LogP contribution in [-0.4, -0.2) is 81.6 Å². The summed E-state index contributed by atoms with van der Waals surface area (Å²) >= 11 is 1.47. The van der Waals surface area contributed by atoms with Crippen LogP contribution < -0.4 is 21.3 Å². The lowest BCUT2D eigenvalue weighted by Crippen LogP contribution is -2.58. The summed E-state index contributed by atoms with van der Waals surface area (Å²) in [5.41, 5.74) is 2.34. The van der Waals surface area contributed by atoms with Gasteiger partial charge < -0.3 is 36.5 Å². The number of phenolic OH excluding ortho intramolecular Hbond substituents is 1. The molecule has 4 atom stereocenters. The van der Waals surface area contributed by atoms with Crippen LogP contribution in [0.15, 0.2) is 54.7 Å². The number of carbonyl (C=O) groups is 4. The van der Waals surface area contributed by atoms with Gasteiger partial charge >= 0.3 is 5.97 Å². The highest BCUT2D eigenvalue weighted by atomic mass is 32.2. The number of thioether (sulfide) groups is 1. The Bertz CT molecular complexity index is 1390. The minimum Gasteiger partial charge on any atom is -0.508 e. The molecule has 0 spiro atoms. The number of fused-ring (bicyclic) bond motifs is 1. The highest BCUT2D eigenvalue weighted by Gasteiger charge is 2.32. The number of hydrogen-bond donors (Lipinski definition) is 7. The predicted octanol–water partition coefficient (Wildman–Crippen LogP) is 1.70. The van der Waals surface area contributed by atoms with Crippen LogP contribution in [0.25, 0.3) is 10.9 Å². The number of benzene rings is 2. The van der Waals surface area contributed by atoms with E-state index in [9.17, 15) is 29.4 Å². The first-order valence-corrected chi connectivity index (χ1v) is 15.3. The van der Waals surface area contributed by atoms with Crippen LogP contribution in [0.1, 0.15) is 30.4 Å². The number of nitrogens with one attached hydrogen (secondary N) is 5. The molecule has 3 amide bonds. The number of aromatic amines is 1. The number of H-pyrrole nitrogens is 1. The summed E-state index contributed by atoms with van der Waals surface area (Å²) in [6.45, 7) is 0.709. The number of aliphatic carboxylic acids is 1. The second-order valence-corrected chi connectivity index (χ2v) is 11.4. The molecule has 1 aromatic heterocycles. The number of aromatic nitrogens is 1. The van der Waals surface area contributed by atoms with Crippen molar-refractivity contribution in [3.05, 3.63) is 65.9 Å². The molecule has 4 rings (SSSR count). The van der Waals surface area contributed by atoms with E-state index in [1.807, 2.05) is 30.5 Å². The number of carboxylic acids is 1. The van der Waals surface area contributed by atoms with E-state index in [1.165, 1.54) is 23.9 Å². The number of carbonyl (C=O) groups excluding carboxylic acids is 3. The Morgan fingerprint density at radius 3 is 2.31 bits per heavy atom. The normalized spacial score (nSPS) is 16.8. The predicted molar refractivity (Wildman–Crippen MR) is 161 cm³/mol. The van der Waals surface area contributed by atoms with Crippen LogP contribution in [0.2, 0.25) is 0 Å².